The van der Waals surface area contributed by atoms with Gasteiger partial charge < -0.3 is 10.6 Å². The molecule has 3 heterocycles. The van der Waals surface area contributed by atoms with E-state index < -0.39 is 0 Å². The van der Waals surface area contributed by atoms with Crippen molar-refractivity contribution in [1.29, 1.82) is 0 Å². The number of rotatable bonds is 6. The zero-order valence-corrected chi connectivity index (χ0v) is 20.5. The first-order valence-corrected chi connectivity index (χ1v) is 13.1. The van der Waals surface area contributed by atoms with E-state index in [0.29, 0.717) is 6.54 Å². The molecule has 34 heavy (non-hydrogen) atoms. The summed E-state index contributed by atoms with van der Waals surface area (Å²) in [6.45, 7) is 4.02. The number of anilines is 1. The SMILES string of the molecule is Cc1ccc2nc(-c3ccc(NC(=O)CN4CCC(NC(=O)c5ccsc5)CC4)cc3)sc2c1. The lowest BCUT2D eigenvalue weighted by Gasteiger charge is -2.31. The Kier molecular flexibility index (Phi) is 6.71. The highest BCUT2D eigenvalue weighted by Crippen LogP contribution is 2.31. The largest absolute Gasteiger partial charge is 0.349 e. The first-order chi connectivity index (χ1) is 16.5. The van der Waals surface area contributed by atoms with Crippen molar-refractivity contribution in [2.24, 2.45) is 0 Å². The number of likely N-dealkylation sites (tertiary alicyclic amines) is 1. The number of carbonyl (C=O) groups is 2. The molecule has 0 bridgehead atoms. The normalized spacial score (nSPS) is 14.9. The molecule has 6 nitrogen and oxygen atoms in total. The molecule has 0 spiro atoms. The van der Waals surface area contributed by atoms with Crippen LogP contribution in [0.4, 0.5) is 5.69 Å². The zero-order valence-electron chi connectivity index (χ0n) is 18.9. The molecule has 1 aliphatic rings. The van der Waals surface area contributed by atoms with Crippen molar-refractivity contribution in [3.05, 3.63) is 70.4 Å². The molecule has 0 aliphatic carbocycles. The van der Waals surface area contributed by atoms with E-state index in [9.17, 15) is 9.59 Å². The van der Waals surface area contributed by atoms with Crippen molar-refractivity contribution in [3.63, 3.8) is 0 Å². The Balaban J connectivity index is 1.11. The summed E-state index contributed by atoms with van der Waals surface area (Å²) in [5.74, 6) is -0.0363. The Bertz CT molecular complexity index is 1290. The molecule has 1 aliphatic heterocycles. The molecule has 1 fully saturated rings. The van der Waals surface area contributed by atoms with E-state index in [1.165, 1.54) is 21.6 Å². The number of aromatic nitrogens is 1. The molecule has 4 aromatic rings. The van der Waals surface area contributed by atoms with Crippen LogP contribution in [0.5, 0.6) is 0 Å². The van der Waals surface area contributed by atoms with E-state index >= 15 is 0 Å². The average molecular weight is 491 g/mol. The van der Waals surface area contributed by atoms with Gasteiger partial charge >= 0.3 is 0 Å². The van der Waals surface area contributed by atoms with Crippen LogP contribution in [-0.4, -0.2) is 47.4 Å². The Labute approximate surface area is 206 Å². The number of nitrogens with zero attached hydrogens (tertiary/aromatic N) is 2. The molecule has 0 atom stereocenters. The predicted molar refractivity (Wildman–Crippen MR) is 140 cm³/mol. The van der Waals surface area contributed by atoms with Crippen LogP contribution in [0.3, 0.4) is 0 Å². The van der Waals surface area contributed by atoms with Crippen molar-refractivity contribution >= 4 is 50.4 Å². The number of piperidine rings is 1. The molecule has 2 N–H and O–H groups in total. The number of amides is 2. The van der Waals surface area contributed by atoms with Gasteiger partial charge in [-0.15, -0.1) is 11.3 Å². The standard InChI is InChI=1S/C26H26N4O2S2/c1-17-2-7-22-23(14-17)34-26(29-22)18-3-5-20(6-4-18)27-24(31)15-30-11-8-21(9-12-30)28-25(32)19-10-13-33-16-19/h2-7,10,13-14,16,21H,8-9,11-12,15H2,1H3,(H,27,31)(H,28,32). The fourth-order valence-corrected chi connectivity index (χ4v) is 5.86. The molecular weight excluding hydrogens is 464 g/mol. The maximum atomic E-state index is 12.6. The van der Waals surface area contributed by atoms with E-state index in [0.717, 1.165) is 53.3 Å². The van der Waals surface area contributed by atoms with Gasteiger partial charge in [0.25, 0.3) is 5.91 Å². The molecule has 0 unspecified atom stereocenters. The molecule has 174 valence electrons. The smallest absolute Gasteiger partial charge is 0.252 e. The van der Waals surface area contributed by atoms with E-state index in [1.54, 1.807) is 11.3 Å². The number of thiazole rings is 1. The summed E-state index contributed by atoms with van der Waals surface area (Å²) < 4.78 is 1.18. The van der Waals surface area contributed by atoms with Crippen molar-refractivity contribution in [2.45, 2.75) is 25.8 Å². The zero-order chi connectivity index (χ0) is 23.5. The van der Waals surface area contributed by atoms with Crippen molar-refractivity contribution in [2.75, 3.05) is 25.0 Å². The topological polar surface area (TPSA) is 74.3 Å². The minimum Gasteiger partial charge on any atom is -0.349 e. The van der Waals surface area contributed by atoms with Gasteiger partial charge in [0.05, 0.1) is 16.8 Å². The third kappa shape index (κ3) is 5.35. The van der Waals surface area contributed by atoms with Crippen LogP contribution in [0.25, 0.3) is 20.8 Å². The summed E-state index contributed by atoms with van der Waals surface area (Å²) in [6, 6.07) is 16.1. The number of benzene rings is 2. The van der Waals surface area contributed by atoms with Gasteiger partial charge in [0.1, 0.15) is 5.01 Å². The van der Waals surface area contributed by atoms with Crippen molar-refractivity contribution in [3.8, 4) is 10.6 Å². The van der Waals surface area contributed by atoms with Crippen LogP contribution in [0.15, 0.2) is 59.3 Å². The molecule has 2 amide bonds. The fourth-order valence-electron chi connectivity index (χ4n) is 4.15. The average Bonchev–Trinajstić information content (AvgIpc) is 3.51. The van der Waals surface area contributed by atoms with Crippen LogP contribution < -0.4 is 10.6 Å². The first kappa shape index (κ1) is 22.7. The van der Waals surface area contributed by atoms with Gasteiger partial charge in [-0.3, -0.25) is 14.5 Å². The number of hydrogen-bond acceptors (Lipinski definition) is 6. The van der Waals surface area contributed by atoms with Gasteiger partial charge in [-0.25, -0.2) is 4.98 Å². The maximum Gasteiger partial charge on any atom is 0.252 e. The summed E-state index contributed by atoms with van der Waals surface area (Å²) in [4.78, 5) is 31.7. The Morgan fingerprint density at radius 1 is 1.09 bits per heavy atom. The summed E-state index contributed by atoms with van der Waals surface area (Å²) >= 11 is 3.20. The maximum absolute atomic E-state index is 12.6. The third-order valence-corrected chi connectivity index (χ3v) is 7.78. The lowest BCUT2D eigenvalue weighted by molar-refractivity contribution is -0.117. The summed E-state index contributed by atoms with van der Waals surface area (Å²) in [5.41, 5.74) is 4.79. The molecular formula is C26H26N4O2S2. The predicted octanol–water partition coefficient (Wildman–Crippen LogP) is 5.17. The van der Waals surface area contributed by atoms with E-state index in [-0.39, 0.29) is 17.9 Å². The fraction of sp³-hybridized carbons (Fsp3) is 0.269. The lowest BCUT2D eigenvalue weighted by Crippen LogP contribution is -2.46. The van der Waals surface area contributed by atoms with E-state index in [2.05, 4.69) is 40.7 Å². The van der Waals surface area contributed by atoms with Crippen LogP contribution in [-0.2, 0) is 4.79 Å². The monoisotopic (exact) mass is 490 g/mol. The third-order valence-electron chi connectivity index (χ3n) is 6.03. The van der Waals surface area contributed by atoms with Gasteiger partial charge in [0.2, 0.25) is 5.91 Å². The van der Waals surface area contributed by atoms with Gasteiger partial charge in [0.15, 0.2) is 0 Å². The van der Waals surface area contributed by atoms with Gasteiger partial charge in [-0.1, -0.05) is 6.07 Å². The van der Waals surface area contributed by atoms with Crippen LogP contribution in [0.2, 0.25) is 0 Å². The quantitative estimate of drug-likeness (QED) is 0.391. The Morgan fingerprint density at radius 3 is 2.62 bits per heavy atom. The van der Waals surface area contributed by atoms with Crippen LogP contribution in [0.1, 0.15) is 28.8 Å². The highest BCUT2D eigenvalue weighted by Gasteiger charge is 2.22. The van der Waals surface area contributed by atoms with Gasteiger partial charge in [-0.2, -0.15) is 11.3 Å². The molecule has 0 radical (unpaired) electrons. The molecule has 8 heteroatoms. The van der Waals surface area contributed by atoms with Crippen LogP contribution in [0, 0.1) is 6.92 Å². The molecule has 2 aromatic carbocycles. The van der Waals surface area contributed by atoms with Gasteiger partial charge in [-0.05, 0) is 73.2 Å². The van der Waals surface area contributed by atoms with E-state index in [4.69, 9.17) is 4.98 Å². The highest BCUT2D eigenvalue weighted by molar-refractivity contribution is 7.21. The van der Waals surface area contributed by atoms with E-state index in [1.807, 2.05) is 41.1 Å². The van der Waals surface area contributed by atoms with Crippen molar-refractivity contribution < 1.29 is 9.59 Å². The summed E-state index contributed by atoms with van der Waals surface area (Å²) in [6.07, 6.45) is 1.69. The summed E-state index contributed by atoms with van der Waals surface area (Å²) in [7, 11) is 0. The Morgan fingerprint density at radius 2 is 1.88 bits per heavy atom. The lowest BCUT2D eigenvalue weighted by atomic mass is 10.0. The molecule has 2 aromatic heterocycles. The minimum absolute atomic E-state index is 0.0122. The number of thiophene rings is 1. The number of hydrogen-bond donors (Lipinski definition) is 2. The Hall–Kier alpha value is -3.07. The highest BCUT2D eigenvalue weighted by atomic mass is 32.1. The second-order valence-electron chi connectivity index (χ2n) is 8.65. The number of carbonyl (C=O) groups excluding carboxylic acids is 2. The first-order valence-electron chi connectivity index (χ1n) is 11.4. The molecule has 5 rings (SSSR count). The number of aryl methyl sites for hydroxylation is 1. The molecule has 0 saturated carbocycles. The number of nitrogens with one attached hydrogen (secondary N) is 2. The second-order valence-corrected chi connectivity index (χ2v) is 10.5. The minimum atomic E-state index is -0.0241. The number of fused-ring (bicyclic) bond motifs is 1. The van der Waals surface area contributed by atoms with Gasteiger partial charge in [0, 0.05) is 41.3 Å². The summed E-state index contributed by atoms with van der Waals surface area (Å²) in [5, 5.41) is 10.8. The second kappa shape index (κ2) is 10.0. The van der Waals surface area contributed by atoms with Crippen molar-refractivity contribution in [1.82, 2.24) is 15.2 Å². The van der Waals surface area contributed by atoms with Crippen LogP contribution >= 0.6 is 22.7 Å². The molecule has 1 saturated heterocycles.